The summed E-state index contributed by atoms with van der Waals surface area (Å²) in [7, 11) is 2.06. The van der Waals surface area contributed by atoms with Gasteiger partial charge in [0.2, 0.25) is 0 Å². The maximum absolute atomic E-state index is 4.38. The number of hydrogen-bond acceptors (Lipinski definition) is 1. The molecule has 0 spiro atoms. The van der Waals surface area contributed by atoms with Gasteiger partial charge < -0.3 is 4.57 Å². The molecule has 1 aromatic carbocycles. The number of halogens is 2. The van der Waals surface area contributed by atoms with Gasteiger partial charge in [-0.25, -0.2) is 4.98 Å². The van der Waals surface area contributed by atoms with E-state index in [0.717, 1.165) is 29.1 Å². The summed E-state index contributed by atoms with van der Waals surface area (Å²) in [6.45, 7) is 0. The van der Waals surface area contributed by atoms with Crippen molar-refractivity contribution in [2.45, 2.75) is 19.3 Å². The van der Waals surface area contributed by atoms with Gasteiger partial charge in [0, 0.05) is 35.7 Å². The average Bonchev–Trinajstić information content (AvgIpc) is 2.82. The van der Waals surface area contributed by atoms with E-state index in [2.05, 4.69) is 72.7 Å². The minimum atomic E-state index is 0.651. The number of hydrogen-bond donors (Lipinski definition) is 0. The standard InChI is InChI=1S/C15H18Br2N2/c1-19-9-8-18-15(19)7-4-13(11-16)10-12-2-5-14(17)6-3-12/h2-3,5-6,8-9,13H,4,7,10-11H2,1H3. The van der Waals surface area contributed by atoms with Crippen molar-refractivity contribution in [3.63, 3.8) is 0 Å². The van der Waals surface area contributed by atoms with Crippen LogP contribution in [0.5, 0.6) is 0 Å². The van der Waals surface area contributed by atoms with Gasteiger partial charge in [0.25, 0.3) is 0 Å². The zero-order valence-electron chi connectivity index (χ0n) is 11.0. The molecule has 0 radical (unpaired) electrons. The normalized spacial score (nSPS) is 12.6. The number of nitrogens with zero attached hydrogens (tertiary/aromatic N) is 2. The van der Waals surface area contributed by atoms with E-state index in [4.69, 9.17) is 0 Å². The first kappa shape index (κ1) is 14.8. The van der Waals surface area contributed by atoms with Crippen molar-refractivity contribution in [2.75, 3.05) is 5.33 Å². The summed E-state index contributed by atoms with van der Waals surface area (Å²) in [5.41, 5.74) is 1.40. The molecule has 1 aromatic heterocycles. The van der Waals surface area contributed by atoms with Crippen LogP contribution in [0.15, 0.2) is 41.1 Å². The van der Waals surface area contributed by atoms with Crippen molar-refractivity contribution in [3.8, 4) is 0 Å². The van der Waals surface area contributed by atoms with Gasteiger partial charge in [0.15, 0.2) is 0 Å². The topological polar surface area (TPSA) is 17.8 Å². The molecule has 2 aromatic rings. The van der Waals surface area contributed by atoms with E-state index in [1.54, 1.807) is 0 Å². The van der Waals surface area contributed by atoms with Crippen LogP contribution < -0.4 is 0 Å². The van der Waals surface area contributed by atoms with Gasteiger partial charge in [0.1, 0.15) is 5.82 Å². The van der Waals surface area contributed by atoms with Crippen LogP contribution in [0.25, 0.3) is 0 Å². The van der Waals surface area contributed by atoms with Crippen LogP contribution in [-0.4, -0.2) is 14.9 Å². The lowest BCUT2D eigenvalue weighted by atomic mass is 9.96. The predicted octanol–water partition coefficient (Wildman–Crippen LogP) is 4.37. The lowest BCUT2D eigenvalue weighted by Crippen LogP contribution is -2.09. The number of aromatic nitrogens is 2. The van der Waals surface area contributed by atoms with Crippen molar-refractivity contribution >= 4 is 31.9 Å². The van der Waals surface area contributed by atoms with E-state index in [1.165, 1.54) is 11.4 Å². The maximum Gasteiger partial charge on any atom is 0.108 e. The Kier molecular flexibility index (Phi) is 5.64. The fraction of sp³-hybridized carbons (Fsp3) is 0.400. The lowest BCUT2D eigenvalue weighted by molar-refractivity contribution is 0.528. The van der Waals surface area contributed by atoms with Gasteiger partial charge in [0.05, 0.1) is 0 Å². The fourth-order valence-corrected chi connectivity index (χ4v) is 2.98. The molecule has 19 heavy (non-hydrogen) atoms. The van der Waals surface area contributed by atoms with Crippen LogP contribution in [0.2, 0.25) is 0 Å². The van der Waals surface area contributed by atoms with Crippen LogP contribution in [0, 0.1) is 5.92 Å². The third-order valence-corrected chi connectivity index (χ3v) is 4.80. The Hall–Kier alpha value is -0.610. The van der Waals surface area contributed by atoms with Gasteiger partial charge >= 0.3 is 0 Å². The quantitative estimate of drug-likeness (QED) is 0.675. The van der Waals surface area contributed by atoms with Crippen molar-refractivity contribution < 1.29 is 0 Å². The van der Waals surface area contributed by atoms with E-state index in [0.29, 0.717) is 5.92 Å². The molecular formula is C15H18Br2N2. The second-order valence-corrected chi connectivity index (χ2v) is 6.41. The molecule has 0 saturated heterocycles. The molecule has 0 N–H and O–H groups in total. The first-order valence-corrected chi connectivity index (χ1v) is 8.37. The van der Waals surface area contributed by atoms with Gasteiger partial charge in [-0.3, -0.25) is 0 Å². The van der Waals surface area contributed by atoms with Crippen LogP contribution in [0.4, 0.5) is 0 Å². The third-order valence-electron chi connectivity index (χ3n) is 3.35. The second-order valence-electron chi connectivity index (χ2n) is 4.84. The Morgan fingerprint density at radius 3 is 2.58 bits per heavy atom. The number of aryl methyl sites for hydroxylation is 2. The monoisotopic (exact) mass is 384 g/mol. The summed E-state index contributed by atoms with van der Waals surface area (Å²) >= 11 is 7.11. The maximum atomic E-state index is 4.38. The molecule has 1 atom stereocenters. The first-order valence-electron chi connectivity index (χ1n) is 6.45. The molecule has 0 bridgehead atoms. The van der Waals surface area contributed by atoms with Crippen LogP contribution in [-0.2, 0) is 19.9 Å². The first-order chi connectivity index (χ1) is 9.19. The van der Waals surface area contributed by atoms with E-state index < -0.39 is 0 Å². The summed E-state index contributed by atoms with van der Waals surface area (Å²) in [4.78, 5) is 4.38. The van der Waals surface area contributed by atoms with Crippen molar-refractivity contribution in [2.24, 2.45) is 13.0 Å². The molecule has 1 heterocycles. The molecule has 0 amide bonds. The molecular weight excluding hydrogens is 368 g/mol. The molecule has 1 unspecified atom stereocenters. The molecule has 0 aliphatic heterocycles. The number of alkyl halides is 1. The zero-order chi connectivity index (χ0) is 13.7. The summed E-state index contributed by atoms with van der Waals surface area (Å²) in [6.07, 6.45) is 7.19. The highest BCUT2D eigenvalue weighted by molar-refractivity contribution is 9.10. The van der Waals surface area contributed by atoms with Crippen LogP contribution in [0.1, 0.15) is 17.8 Å². The summed E-state index contributed by atoms with van der Waals surface area (Å²) in [5, 5.41) is 1.04. The number of rotatable bonds is 6. The van der Waals surface area contributed by atoms with E-state index >= 15 is 0 Å². The molecule has 0 aliphatic carbocycles. The summed E-state index contributed by atoms with van der Waals surface area (Å²) < 4.78 is 3.24. The Balaban J connectivity index is 1.90. The summed E-state index contributed by atoms with van der Waals surface area (Å²) in [5.74, 6) is 1.82. The van der Waals surface area contributed by atoms with Crippen molar-refractivity contribution in [3.05, 3.63) is 52.5 Å². The van der Waals surface area contributed by atoms with E-state index in [1.807, 2.05) is 12.4 Å². The Labute approximate surface area is 131 Å². The second kappa shape index (κ2) is 7.25. The molecule has 0 aliphatic rings. The average molecular weight is 386 g/mol. The Morgan fingerprint density at radius 1 is 1.26 bits per heavy atom. The van der Waals surface area contributed by atoms with Gasteiger partial charge in [-0.05, 0) is 36.5 Å². The number of imidazole rings is 1. The van der Waals surface area contributed by atoms with Gasteiger partial charge in [-0.1, -0.05) is 44.0 Å². The third kappa shape index (κ3) is 4.46. The molecule has 102 valence electrons. The van der Waals surface area contributed by atoms with Gasteiger partial charge in [-0.2, -0.15) is 0 Å². The smallest absolute Gasteiger partial charge is 0.108 e. The van der Waals surface area contributed by atoms with Crippen molar-refractivity contribution in [1.82, 2.24) is 9.55 Å². The number of benzene rings is 1. The molecule has 2 rings (SSSR count). The highest BCUT2D eigenvalue weighted by Crippen LogP contribution is 2.19. The molecule has 0 saturated carbocycles. The minimum Gasteiger partial charge on any atom is -0.338 e. The highest BCUT2D eigenvalue weighted by atomic mass is 79.9. The zero-order valence-corrected chi connectivity index (χ0v) is 14.2. The van der Waals surface area contributed by atoms with E-state index in [-0.39, 0.29) is 0 Å². The van der Waals surface area contributed by atoms with E-state index in [9.17, 15) is 0 Å². The predicted molar refractivity (Wildman–Crippen MR) is 86.7 cm³/mol. The molecule has 0 fully saturated rings. The Morgan fingerprint density at radius 2 is 2.00 bits per heavy atom. The summed E-state index contributed by atoms with van der Waals surface area (Å²) in [6, 6.07) is 8.61. The molecule has 4 heteroatoms. The Bertz CT molecular complexity index is 505. The van der Waals surface area contributed by atoms with Crippen LogP contribution in [0.3, 0.4) is 0 Å². The highest BCUT2D eigenvalue weighted by Gasteiger charge is 2.10. The minimum absolute atomic E-state index is 0.651. The largest absolute Gasteiger partial charge is 0.338 e. The fourth-order valence-electron chi connectivity index (χ4n) is 2.16. The lowest BCUT2D eigenvalue weighted by Gasteiger charge is -2.14. The van der Waals surface area contributed by atoms with Gasteiger partial charge in [-0.15, -0.1) is 0 Å². The molecule has 2 nitrogen and oxygen atoms in total. The van der Waals surface area contributed by atoms with Crippen LogP contribution >= 0.6 is 31.9 Å². The van der Waals surface area contributed by atoms with Crippen molar-refractivity contribution in [1.29, 1.82) is 0 Å². The SMILES string of the molecule is Cn1ccnc1CCC(CBr)Cc1ccc(Br)cc1.